The standard InChI is InChI=1S/C11H15FN2O3.ClH/c1-16-4-5-17-10-3-2-8(6-9(10)12)14-11(15)7-13;/h2-3,6H,4-5,7,13H2,1H3,(H,14,15);1H. The van der Waals surface area contributed by atoms with Crippen molar-refractivity contribution in [3.8, 4) is 5.75 Å². The van der Waals surface area contributed by atoms with Crippen molar-refractivity contribution in [2.24, 2.45) is 5.73 Å². The van der Waals surface area contributed by atoms with E-state index >= 15 is 0 Å². The molecule has 7 heteroatoms. The van der Waals surface area contributed by atoms with Gasteiger partial charge in [0.25, 0.3) is 0 Å². The first-order chi connectivity index (χ1) is 8.17. The molecule has 0 aromatic heterocycles. The van der Waals surface area contributed by atoms with Crippen molar-refractivity contribution in [2.45, 2.75) is 0 Å². The average Bonchev–Trinajstić information content (AvgIpc) is 2.32. The van der Waals surface area contributed by atoms with Crippen LogP contribution < -0.4 is 15.8 Å². The predicted octanol–water partition coefficient (Wildman–Crippen LogP) is 1.17. The maximum atomic E-state index is 13.5. The van der Waals surface area contributed by atoms with Crippen LogP contribution in [0.25, 0.3) is 0 Å². The highest BCUT2D eigenvalue weighted by atomic mass is 35.5. The first-order valence-corrected chi connectivity index (χ1v) is 5.08. The van der Waals surface area contributed by atoms with Crippen molar-refractivity contribution in [3.05, 3.63) is 24.0 Å². The number of ether oxygens (including phenoxy) is 2. The summed E-state index contributed by atoms with van der Waals surface area (Å²) >= 11 is 0. The third-order valence-corrected chi connectivity index (χ3v) is 1.95. The summed E-state index contributed by atoms with van der Waals surface area (Å²) in [6, 6.07) is 4.16. The zero-order valence-corrected chi connectivity index (χ0v) is 10.8. The van der Waals surface area contributed by atoms with Crippen LogP contribution in [0.5, 0.6) is 5.75 Å². The number of carbonyl (C=O) groups excluding carboxylic acids is 1. The molecule has 0 atom stereocenters. The molecule has 0 saturated heterocycles. The van der Waals surface area contributed by atoms with Crippen molar-refractivity contribution in [3.63, 3.8) is 0 Å². The molecule has 1 aromatic rings. The van der Waals surface area contributed by atoms with Gasteiger partial charge >= 0.3 is 0 Å². The first kappa shape index (κ1) is 16.6. The Bertz CT molecular complexity index is 391. The van der Waals surface area contributed by atoms with Crippen LogP contribution in [0.4, 0.5) is 10.1 Å². The smallest absolute Gasteiger partial charge is 0.238 e. The van der Waals surface area contributed by atoms with Gasteiger partial charge in [0.1, 0.15) is 6.61 Å². The second-order valence-electron chi connectivity index (χ2n) is 3.24. The number of hydrogen-bond donors (Lipinski definition) is 2. The molecule has 0 heterocycles. The molecule has 0 radical (unpaired) electrons. The highest BCUT2D eigenvalue weighted by Gasteiger charge is 2.06. The summed E-state index contributed by atoms with van der Waals surface area (Å²) in [5.41, 5.74) is 5.47. The Labute approximate surface area is 111 Å². The predicted molar refractivity (Wildman–Crippen MR) is 68.7 cm³/mol. The van der Waals surface area contributed by atoms with E-state index in [0.29, 0.717) is 12.3 Å². The molecule has 1 rings (SSSR count). The van der Waals surface area contributed by atoms with E-state index in [2.05, 4.69) is 5.32 Å². The van der Waals surface area contributed by atoms with E-state index in [1.165, 1.54) is 19.2 Å². The van der Waals surface area contributed by atoms with Gasteiger partial charge in [-0.1, -0.05) is 0 Å². The number of amides is 1. The van der Waals surface area contributed by atoms with Gasteiger partial charge in [0, 0.05) is 18.9 Å². The molecule has 0 aliphatic rings. The van der Waals surface area contributed by atoms with Crippen molar-refractivity contribution in [1.82, 2.24) is 0 Å². The molecule has 0 spiro atoms. The second kappa shape index (κ2) is 8.68. The Morgan fingerprint density at radius 3 is 2.72 bits per heavy atom. The second-order valence-corrected chi connectivity index (χ2v) is 3.24. The van der Waals surface area contributed by atoms with Gasteiger partial charge in [-0.2, -0.15) is 0 Å². The van der Waals surface area contributed by atoms with Crippen molar-refractivity contribution in [1.29, 1.82) is 0 Å². The SMILES string of the molecule is COCCOc1ccc(NC(=O)CN)cc1F.Cl. The van der Waals surface area contributed by atoms with Crippen molar-refractivity contribution >= 4 is 24.0 Å². The van der Waals surface area contributed by atoms with Crippen LogP contribution >= 0.6 is 12.4 Å². The summed E-state index contributed by atoms with van der Waals surface area (Å²) in [5.74, 6) is -0.804. The quantitative estimate of drug-likeness (QED) is 0.766. The number of nitrogens with one attached hydrogen (secondary N) is 1. The molecule has 0 aliphatic carbocycles. The summed E-state index contributed by atoms with van der Waals surface area (Å²) in [4.78, 5) is 11.0. The monoisotopic (exact) mass is 278 g/mol. The molecule has 0 saturated carbocycles. The molecule has 3 N–H and O–H groups in total. The number of hydrogen-bond acceptors (Lipinski definition) is 4. The summed E-state index contributed by atoms with van der Waals surface area (Å²) in [6.45, 7) is 0.501. The Kier molecular flexibility index (Phi) is 8.02. The van der Waals surface area contributed by atoms with Crippen LogP contribution in [0.15, 0.2) is 18.2 Å². The lowest BCUT2D eigenvalue weighted by Crippen LogP contribution is -2.21. The largest absolute Gasteiger partial charge is 0.488 e. The zero-order valence-electron chi connectivity index (χ0n) is 9.94. The fourth-order valence-electron chi connectivity index (χ4n) is 1.14. The van der Waals surface area contributed by atoms with Crippen molar-refractivity contribution < 1.29 is 18.7 Å². The summed E-state index contributed by atoms with van der Waals surface area (Å²) < 4.78 is 23.4. The first-order valence-electron chi connectivity index (χ1n) is 5.08. The van der Waals surface area contributed by atoms with Crippen LogP contribution in [0.3, 0.4) is 0 Å². The lowest BCUT2D eigenvalue weighted by molar-refractivity contribution is -0.114. The minimum atomic E-state index is -0.545. The Morgan fingerprint density at radius 2 is 2.17 bits per heavy atom. The molecular formula is C11H16ClFN2O3. The van der Waals surface area contributed by atoms with Crippen LogP contribution in [0.1, 0.15) is 0 Å². The van der Waals surface area contributed by atoms with Gasteiger partial charge in [0.05, 0.1) is 13.2 Å². The van der Waals surface area contributed by atoms with Gasteiger partial charge in [-0.15, -0.1) is 12.4 Å². The normalized spacial score (nSPS) is 9.50. The number of benzene rings is 1. The van der Waals surface area contributed by atoms with Gasteiger partial charge in [0.2, 0.25) is 5.91 Å². The molecule has 18 heavy (non-hydrogen) atoms. The van der Waals surface area contributed by atoms with Crippen LogP contribution in [0.2, 0.25) is 0 Å². The lowest BCUT2D eigenvalue weighted by Gasteiger charge is -2.08. The number of methoxy groups -OCH3 is 1. The minimum absolute atomic E-state index is 0. The topological polar surface area (TPSA) is 73.6 Å². The summed E-state index contributed by atoms with van der Waals surface area (Å²) in [7, 11) is 1.53. The van der Waals surface area contributed by atoms with E-state index in [0.717, 1.165) is 0 Å². The molecule has 0 unspecified atom stereocenters. The van der Waals surface area contributed by atoms with Gasteiger partial charge in [-0.3, -0.25) is 4.79 Å². The van der Waals surface area contributed by atoms with E-state index in [1.807, 2.05) is 0 Å². The molecule has 1 aromatic carbocycles. The molecule has 0 bridgehead atoms. The fraction of sp³-hybridized carbons (Fsp3) is 0.364. The van der Waals surface area contributed by atoms with Crippen LogP contribution in [-0.4, -0.2) is 32.8 Å². The zero-order chi connectivity index (χ0) is 12.7. The number of rotatable bonds is 6. The Hall–Kier alpha value is -1.37. The highest BCUT2D eigenvalue weighted by Crippen LogP contribution is 2.20. The summed E-state index contributed by atoms with van der Waals surface area (Å²) in [6.07, 6.45) is 0. The van der Waals surface area contributed by atoms with Crippen LogP contribution in [-0.2, 0) is 9.53 Å². The molecule has 1 amide bonds. The van der Waals surface area contributed by atoms with Crippen molar-refractivity contribution in [2.75, 3.05) is 32.2 Å². The number of nitrogens with two attached hydrogens (primary N) is 1. The molecular weight excluding hydrogens is 263 g/mol. The molecule has 0 fully saturated rings. The maximum absolute atomic E-state index is 13.5. The van der Waals surface area contributed by atoms with E-state index in [1.54, 1.807) is 6.07 Å². The van der Waals surface area contributed by atoms with E-state index in [-0.39, 0.29) is 37.2 Å². The Balaban J connectivity index is 0.00000289. The average molecular weight is 279 g/mol. The van der Waals surface area contributed by atoms with Gasteiger partial charge in [-0.25, -0.2) is 4.39 Å². The molecule has 5 nitrogen and oxygen atoms in total. The van der Waals surface area contributed by atoms with E-state index < -0.39 is 5.82 Å². The third-order valence-electron chi connectivity index (χ3n) is 1.95. The molecule has 102 valence electrons. The highest BCUT2D eigenvalue weighted by molar-refractivity contribution is 5.92. The molecule has 0 aliphatic heterocycles. The van der Waals surface area contributed by atoms with Gasteiger partial charge < -0.3 is 20.5 Å². The fourth-order valence-corrected chi connectivity index (χ4v) is 1.14. The van der Waals surface area contributed by atoms with Crippen LogP contribution in [0, 0.1) is 5.82 Å². The number of carbonyl (C=O) groups is 1. The maximum Gasteiger partial charge on any atom is 0.238 e. The summed E-state index contributed by atoms with van der Waals surface area (Å²) in [5, 5.41) is 2.44. The van der Waals surface area contributed by atoms with Gasteiger partial charge in [0.15, 0.2) is 11.6 Å². The van der Waals surface area contributed by atoms with E-state index in [9.17, 15) is 9.18 Å². The minimum Gasteiger partial charge on any atom is -0.488 e. The van der Waals surface area contributed by atoms with Gasteiger partial charge in [-0.05, 0) is 12.1 Å². The number of anilines is 1. The number of halogens is 2. The van der Waals surface area contributed by atoms with E-state index in [4.69, 9.17) is 15.2 Å². The Morgan fingerprint density at radius 1 is 1.44 bits per heavy atom. The third kappa shape index (κ3) is 5.31. The lowest BCUT2D eigenvalue weighted by atomic mass is 10.3.